The molecule has 1 aromatic heterocycles. The molecular formula is C12H16ClF2N3. The molecule has 3 nitrogen and oxygen atoms in total. The molecule has 0 saturated carbocycles. The van der Waals surface area contributed by atoms with Gasteiger partial charge < -0.3 is 5.32 Å². The topological polar surface area (TPSA) is 37.8 Å². The summed E-state index contributed by atoms with van der Waals surface area (Å²) in [6.45, 7) is 1.62. The number of nitrogens with one attached hydrogen (secondary N) is 1. The van der Waals surface area contributed by atoms with Crippen molar-refractivity contribution in [3.05, 3.63) is 23.2 Å². The third kappa shape index (κ3) is 3.59. The number of aromatic nitrogens is 2. The number of nitrogens with zero attached hydrogens (tertiary/aromatic N) is 2. The molecule has 1 aliphatic heterocycles. The van der Waals surface area contributed by atoms with Crippen LogP contribution in [0.1, 0.15) is 25.6 Å². The van der Waals surface area contributed by atoms with Crippen LogP contribution >= 0.6 is 11.6 Å². The highest BCUT2D eigenvalue weighted by atomic mass is 35.5. The second-order valence-electron chi connectivity index (χ2n) is 4.88. The summed E-state index contributed by atoms with van der Waals surface area (Å²) >= 11 is 5.69. The summed E-state index contributed by atoms with van der Waals surface area (Å²) in [5.41, 5.74) is 0. The van der Waals surface area contributed by atoms with E-state index >= 15 is 0 Å². The first-order chi connectivity index (χ1) is 8.46. The van der Waals surface area contributed by atoms with Crippen LogP contribution in [0.4, 0.5) is 8.78 Å². The number of rotatable bonds is 3. The molecule has 1 aromatic rings. The van der Waals surface area contributed by atoms with Crippen LogP contribution in [0.5, 0.6) is 0 Å². The largest absolute Gasteiger partial charge is 0.308 e. The fourth-order valence-corrected chi connectivity index (χ4v) is 2.40. The Morgan fingerprint density at radius 3 is 2.72 bits per heavy atom. The van der Waals surface area contributed by atoms with E-state index in [1.807, 2.05) is 6.92 Å². The summed E-state index contributed by atoms with van der Waals surface area (Å²) in [4.78, 5) is 8.19. The van der Waals surface area contributed by atoms with Crippen molar-refractivity contribution in [1.82, 2.24) is 15.3 Å². The van der Waals surface area contributed by atoms with E-state index in [0.29, 0.717) is 17.3 Å². The predicted octanol–water partition coefficient (Wildman–Crippen LogP) is 2.70. The Kier molecular flexibility index (Phi) is 4.12. The van der Waals surface area contributed by atoms with Crippen LogP contribution in [0.3, 0.4) is 0 Å². The minimum absolute atomic E-state index is 0.0407. The van der Waals surface area contributed by atoms with Gasteiger partial charge in [0.15, 0.2) is 0 Å². The number of hydrogen-bond acceptors (Lipinski definition) is 3. The van der Waals surface area contributed by atoms with Gasteiger partial charge >= 0.3 is 0 Å². The summed E-state index contributed by atoms with van der Waals surface area (Å²) in [7, 11) is 0. The molecule has 0 radical (unpaired) electrons. The quantitative estimate of drug-likeness (QED) is 0.922. The molecule has 1 N–H and O–H groups in total. The second-order valence-corrected chi connectivity index (χ2v) is 5.32. The van der Waals surface area contributed by atoms with E-state index in [0.717, 1.165) is 6.42 Å². The van der Waals surface area contributed by atoms with Crippen molar-refractivity contribution in [3.8, 4) is 0 Å². The highest BCUT2D eigenvalue weighted by molar-refractivity contribution is 6.30. The summed E-state index contributed by atoms with van der Waals surface area (Å²) in [6, 6.07) is 0.101. The number of alkyl halides is 2. The van der Waals surface area contributed by atoms with Gasteiger partial charge in [0, 0.05) is 31.3 Å². The van der Waals surface area contributed by atoms with Crippen molar-refractivity contribution in [3.63, 3.8) is 0 Å². The summed E-state index contributed by atoms with van der Waals surface area (Å²) in [5.74, 6) is -1.92. The summed E-state index contributed by atoms with van der Waals surface area (Å²) in [5, 5.41) is 3.41. The molecule has 2 rings (SSSR count). The molecule has 0 amide bonds. The minimum atomic E-state index is -2.58. The fraction of sp³-hybridized carbons (Fsp3) is 0.667. The zero-order valence-electron chi connectivity index (χ0n) is 10.2. The Morgan fingerprint density at radius 2 is 2.11 bits per heavy atom. The molecule has 0 spiro atoms. The van der Waals surface area contributed by atoms with Gasteiger partial charge in [0.05, 0.1) is 11.6 Å². The zero-order valence-corrected chi connectivity index (χ0v) is 10.9. The normalized spacial score (nSPS) is 27.1. The molecule has 1 fully saturated rings. The maximum absolute atomic E-state index is 13.1. The van der Waals surface area contributed by atoms with E-state index in [1.54, 1.807) is 12.4 Å². The van der Waals surface area contributed by atoms with Gasteiger partial charge in [-0.15, -0.1) is 0 Å². The van der Waals surface area contributed by atoms with E-state index in [1.165, 1.54) is 0 Å². The molecule has 0 aromatic carbocycles. The summed E-state index contributed by atoms with van der Waals surface area (Å²) in [6.07, 6.45) is 4.49. The molecule has 1 aliphatic rings. The lowest BCUT2D eigenvalue weighted by molar-refractivity contribution is -0.0495. The first-order valence-corrected chi connectivity index (χ1v) is 6.42. The van der Waals surface area contributed by atoms with E-state index in [9.17, 15) is 8.78 Å². The fourth-order valence-electron chi connectivity index (χ4n) is 2.31. The molecule has 2 heterocycles. The molecule has 18 heavy (non-hydrogen) atoms. The molecule has 1 saturated heterocycles. The Bertz CT molecular complexity index is 397. The molecule has 2 atom stereocenters. The number of halogens is 3. The highest BCUT2D eigenvalue weighted by Crippen LogP contribution is 2.30. The van der Waals surface area contributed by atoms with Gasteiger partial charge in [0.1, 0.15) is 5.82 Å². The van der Waals surface area contributed by atoms with Crippen molar-refractivity contribution in [2.75, 3.05) is 6.54 Å². The molecule has 0 bridgehead atoms. The maximum atomic E-state index is 13.1. The standard InChI is InChI=1S/C12H16ClF2N3/c1-8-4-12(14,15)7-18-10(8)2-3-11-16-5-9(13)6-17-11/h5-6,8,10,18H,2-4,7H2,1H3/t8-,10?/m1/s1. The van der Waals surface area contributed by atoms with Crippen LogP contribution in [-0.2, 0) is 6.42 Å². The predicted molar refractivity (Wildman–Crippen MR) is 65.9 cm³/mol. The Balaban J connectivity index is 1.85. The average Bonchev–Trinajstić information content (AvgIpc) is 2.29. The van der Waals surface area contributed by atoms with Crippen LogP contribution in [-0.4, -0.2) is 28.5 Å². The van der Waals surface area contributed by atoms with Crippen LogP contribution < -0.4 is 5.32 Å². The molecule has 0 aliphatic carbocycles. The number of hydrogen-bond donors (Lipinski definition) is 1. The van der Waals surface area contributed by atoms with Gasteiger partial charge in [0.2, 0.25) is 0 Å². The van der Waals surface area contributed by atoms with Crippen LogP contribution in [0.25, 0.3) is 0 Å². The van der Waals surface area contributed by atoms with Crippen LogP contribution in [0.2, 0.25) is 5.02 Å². The van der Waals surface area contributed by atoms with Crippen molar-refractivity contribution in [2.24, 2.45) is 5.92 Å². The van der Waals surface area contributed by atoms with E-state index in [4.69, 9.17) is 11.6 Å². The molecule has 1 unspecified atom stereocenters. The smallest absolute Gasteiger partial charge is 0.260 e. The van der Waals surface area contributed by atoms with Gasteiger partial charge in [-0.05, 0) is 12.3 Å². The molecular weight excluding hydrogens is 260 g/mol. The van der Waals surface area contributed by atoms with Gasteiger partial charge in [-0.2, -0.15) is 0 Å². The van der Waals surface area contributed by atoms with Crippen molar-refractivity contribution in [1.29, 1.82) is 0 Å². The highest BCUT2D eigenvalue weighted by Gasteiger charge is 2.38. The monoisotopic (exact) mass is 275 g/mol. The van der Waals surface area contributed by atoms with Gasteiger partial charge in [-0.25, -0.2) is 18.7 Å². The number of aryl methyl sites for hydroxylation is 1. The summed E-state index contributed by atoms with van der Waals surface area (Å²) < 4.78 is 26.3. The lowest BCUT2D eigenvalue weighted by Gasteiger charge is -2.35. The number of piperidine rings is 1. The van der Waals surface area contributed by atoms with E-state index in [-0.39, 0.29) is 24.9 Å². The molecule has 100 valence electrons. The van der Waals surface area contributed by atoms with Crippen LogP contribution in [0.15, 0.2) is 12.4 Å². The maximum Gasteiger partial charge on any atom is 0.260 e. The van der Waals surface area contributed by atoms with E-state index in [2.05, 4.69) is 15.3 Å². The van der Waals surface area contributed by atoms with Crippen molar-refractivity contribution < 1.29 is 8.78 Å². The zero-order chi connectivity index (χ0) is 13.2. The SMILES string of the molecule is C[C@@H]1CC(F)(F)CNC1CCc1ncc(Cl)cn1. The molecule has 6 heteroatoms. The minimum Gasteiger partial charge on any atom is -0.308 e. The second kappa shape index (κ2) is 5.45. The van der Waals surface area contributed by atoms with Crippen molar-refractivity contribution >= 4 is 11.6 Å². The average molecular weight is 276 g/mol. The Hall–Kier alpha value is -0.810. The van der Waals surface area contributed by atoms with E-state index < -0.39 is 5.92 Å². The van der Waals surface area contributed by atoms with Crippen LogP contribution in [0, 0.1) is 5.92 Å². The first-order valence-electron chi connectivity index (χ1n) is 6.04. The lowest BCUT2D eigenvalue weighted by atomic mass is 9.88. The van der Waals surface area contributed by atoms with Gasteiger partial charge in [0.25, 0.3) is 5.92 Å². The first kappa shape index (κ1) is 13.6. The lowest BCUT2D eigenvalue weighted by Crippen LogP contribution is -2.50. The Morgan fingerprint density at radius 1 is 1.44 bits per heavy atom. The third-order valence-corrected chi connectivity index (χ3v) is 3.48. The van der Waals surface area contributed by atoms with Gasteiger partial charge in [-0.1, -0.05) is 18.5 Å². The van der Waals surface area contributed by atoms with Gasteiger partial charge in [-0.3, -0.25) is 0 Å². The third-order valence-electron chi connectivity index (χ3n) is 3.28. The Labute approximate surface area is 110 Å². The van der Waals surface area contributed by atoms with Crippen molar-refractivity contribution in [2.45, 2.75) is 38.2 Å².